The Morgan fingerprint density at radius 2 is 2.00 bits per heavy atom. The highest BCUT2D eigenvalue weighted by atomic mass is 32.1. The van der Waals surface area contributed by atoms with Crippen molar-refractivity contribution in [2.75, 3.05) is 12.4 Å². The quantitative estimate of drug-likeness (QED) is 0.336. The molecule has 0 aliphatic carbocycles. The van der Waals surface area contributed by atoms with Crippen molar-refractivity contribution in [3.63, 3.8) is 0 Å². The predicted octanol–water partition coefficient (Wildman–Crippen LogP) is 1.53. The molecule has 0 radical (unpaired) electrons. The number of imidazole rings is 1. The van der Waals surface area contributed by atoms with Crippen LogP contribution in [0, 0.1) is 0 Å². The number of fused-ring (bicyclic) bond motifs is 1. The van der Waals surface area contributed by atoms with E-state index in [1.165, 1.54) is 29.3 Å². The number of nitrogens with zero attached hydrogens (tertiary/aromatic N) is 4. The van der Waals surface area contributed by atoms with E-state index < -0.39 is 30.4 Å². The van der Waals surface area contributed by atoms with Crippen LogP contribution in [0.5, 0.6) is 0 Å². The van der Waals surface area contributed by atoms with Gasteiger partial charge in [-0.05, 0) is 17.0 Å². The summed E-state index contributed by atoms with van der Waals surface area (Å²) in [7, 11) is 1.44. The summed E-state index contributed by atoms with van der Waals surface area (Å²) >= 11 is 1.53. The summed E-state index contributed by atoms with van der Waals surface area (Å²) in [4.78, 5) is 25.9. The molecule has 1 aliphatic heterocycles. The Bertz CT molecular complexity index is 1260. The molecule has 11 heteroatoms. The topological polar surface area (TPSA) is 134 Å². The molecule has 1 amide bonds. The van der Waals surface area contributed by atoms with E-state index in [0.29, 0.717) is 29.4 Å². The monoisotopic (exact) mass is 466 g/mol. The van der Waals surface area contributed by atoms with Crippen molar-refractivity contribution in [3.05, 3.63) is 59.0 Å². The van der Waals surface area contributed by atoms with E-state index in [-0.39, 0.29) is 0 Å². The van der Waals surface area contributed by atoms with Crippen molar-refractivity contribution in [2.45, 2.75) is 31.1 Å². The number of carbonyl (C=O) groups excluding carboxylic acids is 1. The van der Waals surface area contributed by atoms with Gasteiger partial charge in [0.15, 0.2) is 35.1 Å². The number of hydrogen-bond acceptors (Lipinski definition) is 9. The molecule has 0 saturated carbocycles. The fourth-order valence-electron chi connectivity index (χ4n) is 3.78. The molecule has 0 spiro atoms. The largest absolute Gasteiger partial charge is 0.387 e. The number of anilines is 1. The van der Waals surface area contributed by atoms with Crippen LogP contribution in [-0.2, 0) is 16.1 Å². The average Bonchev–Trinajstić information content (AvgIpc) is 3.58. The van der Waals surface area contributed by atoms with Crippen LogP contribution in [0.4, 0.5) is 5.82 Å². The maximum Gasteiger partial charge on any atom is 0.251 e. The fraction of sp³-hybridized carbons (Fsp3) is 0.273. The highest BCUT2D eigenvalue weighted by Crippen LogP contribution is 2.34. The Labute approximate surface area is 192 Å². The highest BCUT2D eigenvalue weighted by molar-refractivity contribution is 7.08. The smallest absolute Gasteiger partial charge is 0.251 e. The van der Waals surface area contributed by atoms with Crippen LogP contribution in [0.25, 0.3) is 22.6 Å². The summed E-state index contributed by atoms with van der Waals surface area (Å²) in [5.41, 5.74) is 2.81. The number of likely N-dealkylation sites (N-methyl/N-ethyl adjacent to an activating group) is 1. The van der Waals surface area contributed by atoms with Gasteiger partial charge < -0.3 is 25.6 Å². The second-order valence-corrected chi connectivity index (χ2v) is 8.39. The minimum atomic E-state index is -1.39. The number of nitrogens with one attached hydrogen (secondary N) is 2. The molecule has 10 nitrogen and oxygen atoms in total. The van der Waals surface area contributed by atoms with Gasteiger partial charge in [0.25, 0.3) is 5.91 Å². The third-order valence-corrected chi connectivity index (χ3v) is 6.20. The van der Waals surface area contributed by atoms with Crippen LogP contribution < -0.4 is 10.6 Å². The van der Waals surface area contributed by atoms with E-state index in [4.69, 9.17) is 4.74 Å². The zero-order valence-corrected chi connectivity index (χ0v) is 18.4. The van der Waals surface area contributed by atoms with Gasteiger partial charge in [0.05, 0.1) is 6.33 Å². The lowest BCUT2D eigenvalue weighted by Crippen LogP contribution is -2.41. The van der Waals surface area contributed by atoms with Crippen LogP contribution in [0.3, 0.4) is 0 Å². The fourth-order valence-corrected chi connectivity index (χ4v) is 4.41. The van der Waals surface area contributed by atoms with Gasteiger partial charge in [0.1, 0.15) is 12.2 Å². The molecule has 0 bridgehead atoms. The Morgan fingerprint density at radius 1 is 1.18 bits per heavy atom. The molecule has 1 aromatic carbocycles. The number of carbonyl (C=O) groups is 1. The summed E-state index contributed by atoms with van der Waals surface area (Å²) in [6.07, 6.45) is -3.51. The van der Waals surface area contributed by atoms with Crippen LogP contribution in [0.1, 0.15) is 11.8 Å². The molecular formula is C22H22N6O4S. The van der Waals surface area contributed by atoms with Gasteiger partial charge in [-0.25, -0.2) is 15.0 Å². The van der Waals surface area contributed by atoms with Gasteiger partial charge in [0, 0.05) is 24.5 Å². The first-order valence-electron chi connectivity index (χ1n) is 10.3. The molecule has 170 valence electrons. The van der Waals surface area contributed by atoms with E-state index in [2.05, 4.69) is 25.6 Å². The number of aliphatic hydroxyl groups is 2. The van der Waals surface area contributed by atoms with Crippen molar-refractivity contribution >= 4 is 34.2 Å². The lowest BCUT2D eigenvalue weighted by atomic mass is 10.1. The van der Waals surface area contributed by atoms with Gasteiger partial charge in [-0.1, -0.05) is 30.3 Å². The Kier molecular flexibility index (Phi) is 5.77. The second kappa shape index (κ2) is 8.87. The SMILES string of the molecule is CNC(=O)[C@@H]1OC(n2cnc3c(NCc4ccccc4)nc(-c4ccsc4)nc32)C(O)C1O. The normalized spacial score (nSPS) is 22.5. The van der Waals surface area contributed by atoms with Crippen molar-refractivity contribution < 1.29 is 19.7 Å². The zero-order valence-electron chi connectivity index (χ0n) is 17.6. The lowest BCUT2D eigenvalue weighted by Gasteiger charge is -2.17. The molecule has 33 heavy (non-hydrogen) atoms. The van der Waals surface area contributed by atoms with E-state index in [0.717, 1.165) is 11.1 Å². The molecule has 4 aromatic rings. The number of benzene rings is 1. The molecular weight excluding hydrogens is 444 g/mol. The lowest BCUT2D eigenvalue weighted by molar-refractivity contribution is -0.137. The Hall–Kier alpha value is -3.38. The molecule has 3 aromatic heterocycles. The summed E-state index contributed by atoms with van der Waals surface area (Å²) in [6, 6.07) is 11.8. The van der Waals surface area contributed by atoms with Crippen molar-refractivity contribution in [1.29, 1.82) is 0 Å². The Morgan fingerprint density at radius 3 is 2.73 bits per heavy atom. The maximum atomic E-state index is 12.1. The van der Waals surface area contributed by atoms with Crippen LogP contribution in [-0.4, -0.2) is 61.0 Å². The van der Waals surface area contributed by atoms with E-state index in [9.17, 15) is 15.0 Å². The number of aromatic nitrogens is 4. The third kappa shape index (κ3) is 3.95. The van der Waals surface area contributed by atoms with Crippen molar-refractivity contribution in [1.82, 2.24) is 24.8 Å². The number of amides is 1. The van der Waals surface area contributed by atoms with E-state index in [1.54, 1.807) is 0 Å². The molecule has 5 rings (SSSR count). The minimum absolute atomic E-state index is 0.413. The maximum absolute atomic E-state index is 12.1. The molecule has 4 atom stereocenters. The number of thiophene rings is 1. The average molecular weight is 467 g/mol. The molecule has 1 saturated heterocycles. The molecule has 4 N–H and O–H groups in total. The van der Waals surface area contributed by atoms with Gasteiger partial charge in [-0.15, -0.1) is 0 Å². The molecule has 3 unspecified atom stereocenters. The Balaban J connectivity index is 1.56. The number of ether oxygens (including phenoxy) is 1. The first-order valence-corrected chi connectivity index (χ1v) is 11.3. The van der Waals surface area contributed by atoms with Gasteiger partial charge >= 0.3 is 0 Å². The molecule has 1 fully saturated rings. The summed E-state index contributed by atoms with van der Waals surface area (Å²) < 4.78 is 7.25. The summed E-state index contributed by atoms with van der Waals surface area (Å²) in [6.45, 7) is 0.531. The predicted molar refractivity (Wildman–Crippen MR) is 122 cm³/mol. The van der Waals surface area contributed by atoms with Crippen LogP contribution in [0.15, 0.2) is 53.5 Å². The van der Waals surface area contributed by atoms with Gasteiger partial charge in [-0.3, -0.25) is 9.36 Å². The van der Waals surface area contributed by atoms with Crippen molar-refractivity contribution in [2.24, 2.45) is 0 Å². The summed E-state index contributed by atoms with van der Waals surface area (Å²) in [5.74, 6) is 0.490. The van der Waals surface area contributed by atoms with Crippen LogP contribution >= 0.6 is 11.3 Å². The minimum Gasteiger partial charge on any atom is -0.387 e. The number of rotatable bonds is 6. The van der Waals surface area contributed by atoms with E-state index in [1.807, 2.05) is 47.2 Å². The van der Waals surface area contributed by atoms with Crippen LogP contribution in [0.2, 0.25) is 0 Å². The van der Waals surface area contributed by atoms with Gasteiger partial charge in [-0.2, -0.15) is 11.3 Å². The molecule has 4 heterocycles. The highest BCUT2D eigenvalue weighted by Gasteiger charge is 2.47. The number of aliphatic hydroxyl groups excluding tert-OH is 2. The summed E-state index contributed by atoms with van der Waals surface area (Å²) in [5, 5.41) is 30.6. The van der Waals surface area contributed by atoms with E-state index >= 15 is 0 Å². The number of hydrogen-bond donors (Lipinski definition) is 4. The second-order valence-electron chi connectivity index (χ2n) is 7.61. The standard InChI is InChI=1S/C22H22N6O4S/c1-23-21(31)17-15(29)16(30)22(32-17)28-11-25-14-19(24-9-12-5-3-2-4-6-12)26-18(27-20(14)28)13-7-8-33-10-13/h2-8,10-11,15-17,22,29-30H,9H2,1H3,(H,23,31)(H,24,26,27)/t15?,16?,17-,22?/m1/s1. The van der Waals surface area contributed by atoms with Gasteiger partial charge in [0.2, 0.25) is 0 Å². The molecule has 1 aliphatic rings. The van der Waals surface area contributed by atoms with Crippen molar-refractivity contribution in [3.8, 4) is 11.4 Å². The first kappa shape index (κ1) is 21.5. The third-order valence-electron chi connectivity index (χ3n) is 5.52. The first-order chi connectivity index (χ1) is 16.1. The zero-order chi connectivity index (χ0) is 22.9.